The Morgan fingerprint density at radius 1 is 1.11 bits per heavy atom. The molecule has 1 aromatic carbocycles. The summed E-state index contributed by atoms with van der Waals surface area (Å²) < 4.78 is 0. The van der Waals surface area contributed by atoms with Gasteiger partial charge in [-0.2, -0.15) is 0 Å². The van der Waals surface area contributed by atoms with Crippen LogP contribution < -0.4 is 20.4 Å². The monoisotopic (exact) mass is 521 g/mol. The van der Waals surface area contributed by atoms with E-state index in [1.807, 2.05) is 7.05 Å². The SMILES string of the molecule is C=C(CC)C(CC)CN/C=C(\CNC)C1CN(C)c2ccc(CC3CN(C(=C)CC(C)(C)C)C3)cc2N1C. The van der Waals surface area contributed by atoms with E-state index in [1.54, 1.807) is 0 Å². The van der Waals surface area contributed by atoms with Gasteiger partial charge in [-0.1, -0.05) is 59.4 Å². The molecule has 0 bridgehead atoms. The number of likely N-dealkylation sites (N-methyl/N-ethyl adjacent to an activating group) is 3. The zero-order chi connectivity index (χ0) is 28.0. The minimum atomic E-state index is 0.297. The van der Waals surface area contributed by atoms with Gasteiger partial charge in [0, 0.05) is 52.5 Å². The van der Waals surface area contributed by atoms with Crippen molar-refractivity contribution in [3.05, 3.63) is 60.0 Å². The Balaban J connectivity index is 1.68. The smallest absolute Gasteiger partial charge is 0.0704 e. The lowest BCUT2D eigenvalue weighted by Crippen LogP contribution is -2.49. The molecule has 0 aliphatic carbocycles. The van der Waals surface area contributed by atoms with Gasteiger partial charge in [-0.3, -0.25) is 0 Å². The minimum absolute atomic E-state index is 0.297. The van der Waals surface area contributed by atoms with Crippen LogP contribution in [0.2, 0.25) is 0 Å². The fourth-order valence-corrected chi connectivity index (χ4v) is 6.00. The molecule has 2 unspecified atom stereocenters. The first-order chi connectivity index (χ1) is 18.0. The lowest BCUT2D eigenvalue weighted by Gasteiger charge is -2.44. The molecule has 2 aliphatic heterocycles. The number of benzene rings is 1. The van der Waals surface area contributed by atoms with Crippen LogP contribution in [0, 0.1) is 17.3 Å². The zero-order valence-corrected chi connectivity index (χ0v) is 25.7. The van der Waals surface area contributed by atoms with Gasteiger partial charge in [-0.25, -0.2) is 0 Å². The summed E-state index contributed by atoms with van der Waals surface area (Å²) in [5, 5.41) is 7.06. The lowest BCUT2D eigenvalue weighted by atomic mass is 9.86. The molecule has 2 aliphatic rings. The van der Waals surface area contributed by atoms with Crippen LogP contribution in [0.5, 0.6) is 0 Å². The summed E-state index contributed by atoms with van der Waals surface area (Å²) in [5.41, 5.74) is 8.42. The van der Waals surface area contributed by atoms with E-state index in [2.05, 4.69) is 112 Å². The maximum absolute atomic E-state index is 4.36. The van der Waals surface area contributed by atoms with Crippen molar-refractivity contribution in [1.82, 2.24) is 15.5 Å². The number of anilines is 2. The average molecular weight is 522 g/mol. The molecule has 0 amide bonds. The van der Waals surface area contributed by atoms with Crippen molar-refractivity contribution in [2.75, 3.05) is 63.7 Å². The number of rotatable bonds is 13. The molecule has 5 heteroatoms. The van der Waals surface area contributed by atoms with Gasteiger partial charge in [0.05, 0.1) is 17.4 Å². The van der Waals surface area contributed by atoms with E-state index < -0.39 is 0 Å². The van der Waals surface area contributed by atoms with Crippen LogP contribution in [0.15, 0.2) is 54.4 Å². The normalized spacial score (nSPS) is 19.2. The van der Waals surface area contributed by atoms with Gasteiger partial charge in [0.2, 0.25) is 0 Å². The minimum Gasteiger partial charge on any atom is -0.390 e. The number of hydrogen-bond acceptors (Lipinski definition) is 5. The van der Waals surface area contributed by atoms with Gasteiger partial charge in [0.15, 0.2) is 0 Å². The van der Waals surface area contributed by atoms with Gasteiger partial charge in [-0.15, -0.1) is 0 Å². The highest BCUT2D eigenvalue weighted by Gasteiger charge is 2.32. The fraction of sp³-hybridized carbons (Fsp3) is 0.636. The van der Waals surface area contributed by atoms with Gasteiger partial charge in [0.25, 0.3) is 0 Å². The Labute approximate surface area is 234 Å². The number of likely N-dealkylation sites (tertiary alicyclic amines) is 1. The van der Waals surface area contributed by atoms with E-state index in [1.165, 1.54) is 33.8 Å². The molecule has 0 spiro atoms. The number of nitrogens with one attached hydrogen (secondary N) is 2. The first-order valence-corrected chi connectivity index (χ1v) is 14.7. The maximum atomic E-state index is 4.36. The van der Waals surface area contributed by atoms with Crippen LogP contribution in [0.4, 0.5) is 11.4 Å². The number of hydrogen-bond donors (Lipinski definition) is 2. The Kier molecular flexibility index (Phi) is 10.4. The van der Waals surface area contributed by atoms with Crippen molar-refractivity contribution in [2.45, 2.75) is 66.3 Å². The Morgan fingerprint density at radius 3 is 2.42 bits per heavy atom. The largest absolute Gasteiger partial charge is 0.390 e. The van der Waals surface area contributed by atoms with E-state index in [0.717, 1.165) is 58.4 Å². The molecule has 0 saturated carbocycles. The third-order valence-corrected chi connectivity index (χ3v) is 8.39. The van der Waals surface area contributed by atoms with E-state index in [9.17, 15) is 0 Å². The summed E-state index contributed by atoms with van der Waals surface area (Å²) in [4.78, 5) is 7.39. The highest BCUT2D eigenvalue weighted by atomic mass is 15.3. The first-order valence-electron chi connectivity index (χ1n) is 14.7. The van der Waals surface area contributed by atoms with Crippen molar-refractivity contribution in [3.8, 4) is 0 Å². The molecule has 1 fully saturated rings. The molecule has 2 atom stereocenters. The summed E-state index contributed by atoms with van der Waals surface area (Å²) >= 11 is 0. The predicted molar refractivity (Wildman–Crippen MR) is 167 cm³/mol. The molecule has 1 aromatic rings. The summed E-state index contributed by atoms with van der Waals surface area (Å²) in [5.74, 6) is 1.23. The standard InChI is InChI=1S/C33H55N5/c1-11-24(3)28(12-2)19-35-20-29(18-34-8)32-23-36(9)30-14-13-26(16-31(30)37(32)10)15-27-21-38(22-27)25(4)17-33(5,6)7/h13-14,16,20,27-28,32,34-35H,3-4,11-12,15,17-19,21-23H2,1-2,5-10H3/b29-20+. The molecular formula is C33H55N5. The van der Waals surface area contributed by atoms with Crippen molar-refractivity contribution in [3.63, 3.8) is 0 Å². The van der Waals surface area contributed by atoms with Crippen molar-refractivity contribution < 1.29 is 0 Å². The van der Waals surface area contributed by atoms with Crippen LogP contribution in [0.25, 0.3) is 0 Å². The Morgan fingerprint density at radius 2 is 1.82 bits per heavy atom. The number of nitrogens with zero attached hydrogens (tertiary/aromatic N) is 3. The van der Waals surface area contributed by atoms with Gasteiger partial charge in [-0.05, 0) is 79.5 Å². The van der Waals surface area contributed by atoms with Crippen molar-refractivity contribution in [1.29, 1.82) is 0 Å². The third-order valence-electron chi connectivity index (χ3n) is 8.39. The van der Waals surface area contributed by atoms with E-state index in [4.69, 9.17) is 0 Å². The second kappa shape index (κ2) is 13.1. The maximum Gasteiger partial charge on any atom is 0.0704 e. The summed E-state index contributed by atoms with van der Waals surface area (Å²) in [6, 6.07) is 7.42. The molecule has 5 nitrogen and oxygen atoms in total. The van der Waals surface area contributed by atoms with E-state index >= 15 is 0 Å². The summed E-state index contributed by atoms with van der Waals surface area (Å²) in [6.45, 7) is 25.0. The molecule has 212 valence electrons. The topological polar surface area (TPSA) is 33.8 Å². The van der Waals surface area contributed by atoms with E-state index in [0.29, 0.717) is 23.3 Å². The molecule has 3 rings (SSSR count). The number of allylic oxidation sites excluding steroid dienone is 1. The van der Waals surface area contributed by atoms with Gasteiger partial charge < -0.3 is 25.3 Å². The lowest BCUT2D eigenvalue weighted by molar-refractivity contribution is 0.129. The fourth-order valence-electron chi connectivity index (χ4n) is 6.00. The second-order valence-electron chi connectivity index (χ2n) is 12.9. The molecule has 2 N–H and O–H groups in total. The van der Waals surface area contributed by atoms with Crippen LogP contribution in [0.3, 0.4) is 0 Å². The van der Waals surface area contributed by atoms with Gasteiger partial charge in [0.1, 0.15) is 0 Å². The highest BCUT2D eigenvalue weighted by Crippen LogP contribution is 2.38. The predicted octanol–water partition coefficient (Wildman–Crippen LogP) is 6.05. The van der Waals surface area contributed by atoms with Crippen molar-refractivity contribution >= 4 is 11.4 Å². The molecular weight excluding hydrogens is 466 g/mol. The third kappa shape index (κ3) is 7.59. The molecule has 38 heavy (non-hydrogen) atoms. The Hall–Kier alpha value is -2.40. The van der Waals surface area contributed by atoms with Crippen LogP contribution >= 0.6 is 0 Å². The van der Waals surface area contributed by atoms with Crippen LogP contribution in [0.1, 0.15) is 59.4 Å². The summed E-state index contributed by atoms with van der Waals surface area (Å²) in [6.07, 6.45) is 6.64. The molecule has 0 aromatic heterocycles. The first kappa shape index (κ1) is 30.1. The highest BCUT2D eigenvalue weighted by molar-refractivity contribution is 5.75. The van der Waals surface area contributed by atoms with Crippen molar-refractivity contribution in [2.24, 2.45) is 17.3 Å². The second-order valence-corrected chi connectivity index (χ2v) is 12.9. The van der Waals surface area contributed by atoms with Gasteiger partial charge >= 0.3 is 0 Å². The molecule has 2 heterocycles. The average Bonchev–Trinajstić information content (AvgIpc) is 2.83. The quantitative estimate of drug-likeness (QED) is 0.309. The molecule has 0 radical (unpaired) electrons. The van der Waals surface area contributed by atoms with Crippen LogP contribution in [-0.2, 0) is 6.42 Å². The van der Waals surface area contributed by atoms with E-state index in [-0.39, 0.29) is 0 Å². The zero-order valence-electron chi connectivity index (χ0n) is 25.7. The molecule has 1 saturated heterocycles. The summed E-state index contributed by atoms with van der Waals surface area (Å²) in [7, 11) is 6.53. The Bertz CT molecular complexity index is 982. The number of fused-ring (bicyclic) bond motifs is 1. The van der Waals surface area contributed by atoms with Crippen LogP contribution in [-0.4, -0.2) is 64.8 Å².